The second-order valence-electron chi connectivity index (χ2n) is 14.5. The first-order valence-electron chi connectivity index (χ1n) is 16.8. The van der Waals surface area contributed by atoms with Gasteiger partial charge in [-0.3, -0.25) is 14.7 Å². The molecule has 2 heterocycles. The number of nitrogen functional groups attached to an aromatic ring is 1. The molecule has 3 rings (SSSR count). The summed E-state index contributed by atoms with van der Waals surface area (Å²) in [5.41, 5.74) is 10.9. The number of pyridine rings is 1. The maximum Gasteiger partial charge on any atom is 0.238 e. The lowest BCUT2D eigenvalue weighted by Gasteiger charge is -2.40. The van der Waals surface area contributed by atoms with E-state index in [1.807, 2.05) is 39.5 Å². The van der Waals surface area contributed by atoms with Gasteiger partial charge in [-0.15, -0.1) is 0 Å². The number of aromatic nitrogens is 1. The predicted octanol–water partition coefficient (Wildman–Crippen LogP) is 5.84. The highest BCUT2D eigenvalue weighted by molar-refractivity contribution is 7.82. The summed E-state index contributed by atoms with van der Waals surface area (Å²) in [4.78, 5) is 26.9. The maximum atomic E-state index is 13.1. The van der Waals surface area contributed by atoms with Crippen LogP contribution in [0.4, 0.5) is 11.5 Å². The van der Waals surface area contributed by atoms with Crippen molar-refractivity contribution in [2.45, 2.75) is 92.7 Å². The van der Waals surface area contributed by atoms with Crippen LogP contribution in [-0.2, 0) is 16.0 Å². The van der Waals surface area contributed by atoms with E-state index in [9.17, 15) is 4.79 Å². The molecule has 1 aliphatic heterocycles. The van der Waals surface area contributed by atoms with Gasteiger partial charge >= 0.3 is 0 Å². The molecule has 10 heteroatoms. The first-order valence-corrected chi connectivity index (χ1v) is 17.2. The normalized spacial score (nSPS) is 16.3. The molecule has 260 valence electrons. The van der Waals surface area contributed by atoms with E-state index in [0.717, 1.165) is 86.3 Å². The summed E-state index contributed by atoms with van der Waals surface area (Å²) < 4.78 is 4.84. The molecule has 0 spiro atoms. The zero-order valence-corrected chi connectivity index (χ0v) is 30.8. The van der Waals surface area contributed by atoms with Gasteiger partial charge in [0.1, 0.15) is 11.5 Å². The monoisotopic (exact) mass is 659 g/mol. The molecule has 0 aliphatic carbocycles. The van der Waals surface area contributed by atoms with Crippen LogP contribution in [0.5, 0.6) is 0 Å². The number of amides is 1. The molecule has 1 amide bonds. The molecule has 1 fully saturated rings. The van der Waals surface area contributed by atoms with Gasteiger partial charge in [-0.25, -0.2) is 4.98 Å². The van der Waals surface area contributed by atoms with Crippen LogP contribution in [-0.4, -0.2) is 101 Å². The van der Waals surface area contributed by atoms with Gasteiger partial charge in [0.15, 0.2) is 0 Å². The van der Waals surface area contributed by atoms with Crippen LogP contribution in [0.25, 0.3) is 10.9 Å². The van der Waals surface area contributed by atoms with Crippen molar-refractivity contribution in [3.63, 3.8) is 0 Å². The molecule has 0 saturated carbocycles. The van der Waals surface area contributed by atoms with Crippen LogP contribution in [0.3, 0.4) is 0 Å². The van der Waals surface area contributed by atoms with Crippen molar-refractivity contribution in [2.24, 2.45) is 15.8 Å². The van der Waals surface area contributed by atoms with E-state index < -0.39 is 4.75 Å². The predicted molar refractivity (Wildman–Crippen MR) is 196 cm³/mol. The van der Waals surface area contributed by atoms with E-state index in [4.69, 9.17) is 33.3 Å². The Labute approximate surface area is 283 Å². The fourth-order valence-corrected chi connectivity index (χ4v) is 6.28. The Bertz CT molecular complexity index is 1290. The maximum absolute atomic E-state index is 13.1. The van der Waals surface area contributed by atoms with E-state index in [1.54, 1.807) is 0 Å². The number of carbonyl (C=O) groups is 1. The second-order valence-corrected chi connectivity index (χ2v) is 15.5. The van der Waals surface area contributed by atoms with Crippen LogP contribution >= 0.6 is 12.6 Å². The number of aryl methyl sites for hydroxylation is 2. The number of anilines is 1. The lowest BCUT2D eigenvalue weighted by atomic mass is 9.84. The third-order valence-corrected chi connectivity index (χ3v) is 9.02. The molecule has 1 atom stereocenters. The highest BCUT2D eigenvalue weighted by Crippen LogP contribution is 2.34. The van der Waals surface area contributed by atoms with Crippen molar-refractivity contribution in [3.05, 3.63) is 29.3 Å². The summed E-state index contributed by atoms with van der Waals surface area (Å²) in [5.74, 6) is 0.613. The smallest absolute Gasteiger partial charge is 0.238 e. The van der Waals surface area contributed by atoms with Crippen molar-refractivity contribution in [1.82, 2.24) is 14.8 Å². The zero-order chi connectivity index (χ0) is 34.7. The Morgan fingerprint density at radius 3 is 2.24 bits per heavy atom. The molecule has 1 aromatic heterocycles. The number of aliphatic imine (C=N–C) groups is 1. The number of piperazine rings is 1. The Balaban J connectivity index is 0.000000812. The molecule has 1 unspecified atom stereocenters. The van der Waals surface area contributed by atoms with Gasteiger partial charge in [-0.05, 0) is 82.5 Å². The van der Waals surface area contributed by atoms with Gasteiger partial charge in [0.25, 0.3) is 0 Å². The molecule has 1 aliphatic rings. The van der Waals surface area contributed by atoms with Crippen LogP contribution in [0.15, 0.2) is 23.2 Å². The minimum atomic E-state index is -0.623. The molecule has 2 aromatic rings. The highest BCUT2D eigenvalue weighted by atomic mass is 32.1. The average molecular weight is 660 g/mol. The summed E-state index contributed by atoms with van der Waals surface area (Å²) in [7, 11) is 0. The third kappa shape index (κ3) is 12.1. The summed E-state index contributed by atoms with van der Waals surface area (Å²) in [6, 6.07) is 6.48. The molecule has 0 bridgehead atoms. The number of benzene rings is 1. The summed E-state index contributed by atoms with van der Waals surface area (Å²) >= 11 is 4.75. The Morgan fingerprint density at radius 2 is 1.72 bits per heavy atom. The van der Waals surface area contributed by atoms with Crippen molar-refractivity contribution in [1.29, 1.82) is 0 Å². The average Bonchev–Trinajstić information content (AvgIpc) is 3.00. The summed E-state index contributed by atoms with van der Waals surface area (Å²) in [5, 5.41) is 18.3. The van der Waals surface area contributed by atoms with Crippen LogP contribution in [0, 0.1) is 17.8 Å². The molecular formula is C36H61N5O4S. The number of hydrogen-bond acceptors (Lipinski definition) is 9. The van der Waals surface area contributed by atoms with Gasteiger partial charge in [0, 0.05) is 49.3 Å². The van der Waals surface area contributed by atoms with Gasteiger partial charge in [0.2, 0.25) is 5.91 Å². The SMILES string of the molecule is CCC(C)(CO)CO.CCOCC(C)=Nc1c(N)nc2cc(CCCN3CCN(C(=O)C(C)(S)CC(C)(C)C)CC3)ccc2c1C. The largest absolute Gasteiger partial charge is 0.396 e. The minimum Gasteiger partial charge on any atom is -0.396 e. The van der Waals surface area contributed by atoms with E-state index in [0.29, 0.717) is 19.0 Å². The molecule has 0 radical (unpaired) electrons. The fraction of sp³-hybridized carbons (Fsp3) is 0.694. The lowest BCUT2D eigenvalue weighted by molar-refractivity contribution is -0.135. The minimum absolute atomic E-state index is 0.0651. The van der Waals surface area contributed by atoms with E-state index in [2.05, 4.69) is 60.8 Å². The van der Waals surface area contributed by atoms with E-state index >= 15 is 0 Å². The van der Waals surface area contributed by atoms with Crippen LogP contribution in [0.1, 0.15) is 85.8 Å². The molecule has 1 aromatic carbocycles. The Kier molecular flexibility index (Phi) is 15.4. The van der Waals surface area contributed by atoms with Crippen molar-refractivity contribution < 1.29 is 19.7 Å². The van der Waals surface area contributed by atoms with Crippen molar-refractivity contribution in [3.8, 4) is 0 Å². The number of ether oxygens (including phenoxy) is 1. The number of nitrogens with two attached hydrogens (primary N) is 1. The Hall–Kier alpha value is -2.24. The van der Waals surface area contributed by atoms with E-state index in [1.165, 1.54) is 5.56 Å². The van der Waals surface area contributed by atoms with Gasteiger partial charge in [-0.2, -0.15) is 12.6 Å². The van der Waals surface area contributed by atoms with Crippen LogP contribution in [0.2, 0.25) is 0 Å². The number of nitrogens with zero attached hydrogens (tertiary/aromatic N) is 4. The van der Waals surface area contributed by atoms with Crippen molar-refractivity contribution in [2.75, 3.05) is 64.9 Å². The second kappa shape index (κ2) is 17.8. The van der Waals surface area contributed by atoms with Crippen LogP contribution < -0.4 is 5.73 Å². The number of fused-ring (bicyclic) bond motifs is 1. The van der Waals surface area contributed by atoms with E-state index in [-0.39, 0.29) is 30.0 Å². The number of aliphatic hydroxyl groups is 2. The first-order chi connectivity index (χ1) is 21.5. The number of carbonyl (C=O) groups excluding carboxylic acids is 1. The quantitative estimate of drug-likeness (QED) is 0.157. The topological polar surface area (TPSA) is 125 Å². The number of rotatable bonds is 13. The lowest BCUT2D eigenvalue weighted by Crippen LogP contribution is -2.54. The third-order valence-electron chi connectivity index (χ3n) is 8.67. The highest BCUT2D eigenvalue weighted by Gasteiger charge is 2.37. The number of hydrogen-bond donors (Lipinski definition) is 4. The Morgan fingerprint density at radius 1 is 1.09 bits per heavy atom. The van der Waals surface area contributed by atoms with Crippen molar-refractivity contribution >= 4 is 46.7 Å². The van der Waals surface area contributed by atoms with Gasteiger partial charge < -0.3 is 25.6 Å². The fourth-order valence-electron chi connectivity index (χ4n) is 5.66. The molecule has 1 saturated heterocycles. The van der Waals surface area contributed by atoms with Gasteiger partial charge in [0.05, 0.1) is 30.1 Å². The molecular weight excluding hydrogens is 598 g/mol. The molecule has 9 nitrogen and oxygen atoms in total. The summed E-state index contributed by atoms with van der Waals surface area (Å²) in [6.07, 6.45) is 3.61. The number of thiol groups is 1. The van der Waals surface area contributed by atoms with Gasteiger partial charge in [-0.1, -0.05) is 46.8 Å². The standard InChI is InChI=1S/C30H47N5O2S.C6H14O2/c1-8-37-19-21(2)32-26-22(3)24-12-11-23(18-25(24)33-27(26)31)10-9-13-34-14-16-35(17-15-34)28(36)30(7,38)20-29(4,5)6;1-3-6(2,4-7)5-8/h11-12,18,38H,8-10,13-17,19-20H2,1-7H3,(H2,31,33);7-8H,3-5H2,1-2H3. The summed E-state index contributed by atoms with van der Waals surface area (Å²) in [6.45, 7) is 23.9. The first kappa shape index (κ1) is 39.9. The number of aliphatic hydroxyl groups excluding tert-OH is 2. The zero-order valence-electron chi connectivity index (χ0n) is 29.9. The molecule has 46 heavy (non-hydrogen) atoms. The molecule has 4 N–H and O–H groups in total.